The average molecular weight is 636 g/mol. The second-order valence-electron chi connectivity index (χ2n) is 10.9. The summed E-state index contributed by atoms with van der Waals surface area (Å²) >= 11 is 3.46. The van der Waals surface area contributed by atoms with Gasteiger partial charge in [-0.1, -0.05) is 76.6 Å². The number of para-hydroxylation sites is 2. The molecule has 4 aromatic rings. The monoisotopic (exact) mass is 634 g/mol. The van der Waals surface area contributed by atoms with Crippen molar-refractivity contribution in [1.82, 2.24) is 0 Å². The number of ether oxygens (including phenoxy) is 2. The van der Waals surface area contributed by atoms with Crippen molar-refractivity contribution in [3.8, 4) is 11.5 Å². The minimum atomic E-state index is -1.42. The highest BCUT2D eigenvalue weighted by molar-refractivity contribution is 9.10. The van der Waals surface area contributed by atoms with Crippen molar-refractivity contribution in [3.63, 3.8) is 0 Å². The van der Waals surface area contributed by atoms with Crippen LogP contribution in [0, 0.1) is 5.92 Å². The number of ketones is 2. The molecule has 1 amide bonds. The van der Waals surface area contributed by atoms with Crippen molar-refractivity contribution in [1.29, 1.82) is 0 Å². The molecular weight excluding hydrogens is 608 g/mol. The third-order valence-electron chi connectivity index (χ3n) is 8.89. The molecule has 7 nitrogen and oxygen atoms in total. The van der Waals surface area contributed by atoms with Crippen molar-refractivity contribution in [2.24, 2.45) is 5.92 Å². The van der Waals surface area contributed by atoms with E-state index in [-0.39, 0.29) is 23.0 Å². The maximum Gasteiger partial charge on any atom is 0.238 e. The van der Waals surface area contributed by atoms with Crippen LogP contribution in [0.2, 0.25) is 0 Å². The van der Waals surface area contributed by atoms with E-state index in [0.717, 1.165) is 15.7 Å². The third kappa shape index (κ3) is 3.89. The van der Waals surface area contributed by atoms with Gasteiger partial charge in [0.05, 0.1) is 31.7 Å². The summed E-state index contributed by atoms with van der Waals surface area (Å²) in [5.74, 6) is -1.27. The van der Waals surface area contributed by atoms with Gasteiger partial charge in [0.25, 0.3) is 0 Å². The molecule has 1 fully saturated rings. The van der Waals surface area contributed by atoms with Gasteiger partial charge in [0.1, 0.15) is 23.0 Å². The van der Waals surface area contributed by atoms with Crippen LogP contribution >= 0.6 is 15.9 Å². The van der Waals surface area contributed by atoms with Gasteiger partial charge in [-0.15, -0.1) is 0 Å². The van der Waals surface area contributed by atoms with E-state index in [1.807, 2.05) is 65.6 Å². The van der Waals surface area contributed by atoms with Crippen molar-refractivity contribution >= 4 is 50.9 Å². The Morgan fingerprint density at radius 1 is 0.884 bits per heavy atom. The van der Waals surface area contributed by atoms with Gasteiger partial charge < -0.3 is 19.7 Å². The second kappa shape index (κ2) is 10.2. The van der Waals surface area contributed by atoms with Gasteiger partial charge in [0.2, 0.25) is 5.91 Å². The molecule has 3 aliphatic heterocycles. The quantitative estimate of drug-likeness (QED) is 0.250. The lowest BCUT2D eigenvalue weighted by Gasteiger charge is -2.37. The number of nitrogens with one attached hydrogen (secondary N) is 1. The van der Waals surface area contributed by atoms with Crippen LogP contribution in [-0.4, -0.2) is 43.8 Å². The van der Waals surface area contributed by atoms with Gasteiger partial charge in [0, 0.05) is 21.4 Å². The number of benzene rings is 4. The maximum atomic E-state index is 15.1. The van der Waals surface area contributed by atoms with E-state index in [1.165, 1.54) is 14.2 Å². The summed E-state index contributed by atoms with van der Waals surface area (Å²) in [4.78, 5) is 46.4. The number of fused-ring (bicyclic) bond motifs is 6. The Kier molecular flexibility index (Phi) is 6.47. The van der Waals surface area contributed by atoms with Crippen LogP contribution in [0.15, 0.2) is 102 Å². The lowest BCUT2D eigenvalue weighted by atomic mass is 9.64. The van der Waals surface area contributed by atoms with E-state index < -0.39 is 23.4 Å². The van der Waals surface area contributed by atoms with Crippen LogP contribution in [0.25, 0.3) is 6.08 Å². The smallest absolute Gasteiger partial charge is 0.238 e. The molecule has 3 heterocycles. The number of Topliss-reactive ketones (excluding diaryl/α,β-unsaturated/α-hetero) is 2. The number of amides is 1. The minimum Gasteiger partial charge on any atom is -0.497 e. The molecule has 8 heteroatoms. The fraction of sp³-hybridized carbons (Fsp3) is 0.171. The number of hydrogen-bond acceptors (Lipinski definition) is 6. The lowest BCUT2D eigenvalue weighted by Crippen LogP contribution is -2.51. The first-order valence-electron chi connectivity index (χ1n) is 13.9. The first-order chi connectivity index (χ1) is 20.9. The van der Waals surface area contributed by atoms with Crippen LogP contribution in [0.1, 0.15) is 31.8 Å². The van der Waals surface area contributed by atoms with Gasteiger partial charge in [-0.05, 0) is 53.6 Å². The van der Waals surface area contributed by atoms with Gasteiger partial charge in [0.15, 0.2) is 11.6 Å². The van der Waals surface area contributed by atoms with Crippen molar-refractivity contribution in [3.05, 3.63) is 124 Å². The fourth-order valence-electron chi connectivity index (χ4n) is 7.08. The predicted octanol–water partition coefficient (Wildman–Crippen LogP) is 6.32. The number of anilines is 2. The van der Waals surface area contributed by atoms with E-state index in [9.17, 15) is 9.59 Å². The predicted molar refractivity (Wildman–Crippen MR) is 168 cm³/mol. The van der Waals surface area contributed by atoms with Crippen LogP contribution in [0.5, 0.6) is 11.5 Å². The van der Waals surface area contributed by atoms with E-state index in [4.69, 9.17) is 9.47 Å². The zero-order chi connectivity index (χ0) is 29.9. The molecule has 43 heavy (non-hydrogen) atoms. The largest absolute Gasteiger partial charge is 0.497 e. The maximum absolute atomic E-state index is 15.1. The molecule has 0 saturated carbocycles. The van der Waals surface area contributed by atoms with Gasteiger partial charge in [-0.3, -0.25) is 14.4 Å². The Labute approximate surface area is 257 Å². The Balaban J connectivity index is 1.55. The van der Waals surface area contributed by atoms with E-state index in [1.54, 1.807) is 42.5 Å². The Bertz CT molecular complexity index is 1830. The van der Waals surface area contributed by atoms with Crippen molar-refractivity contribution < 1.29 is 23.9 Å². The molecule has 3 aliphatic rings. The normalized spacial score (nSPS) is 22.9. The number of methoxy groups -OCH3 is 2. The highest BCUT2D eigenvalue weighted by Crippen LogP contribution is 2.58. The van der Waals surface area contributed by atoms with Gasteiger partial charge in [-0.25, -0.2) is 0 Å². The zero-order valence-corrected chi connectivity index (χ0v) is 25.0. The van der Waals surface area contributed by atoms with E-state index in [0.29, 0.717) is 28.3 Å². The fourth-order valence-corrected chi connectivity index (χ4v) is 7.34. The Morgan fingerprint density at radius 3 is 2.40 bits per heavy atom. The van der Waals surface area contributed by atoms with Gasteiger partial charge >= 0.3 is 0 Å². The Morgan fingerprint density at radius 2 is 1.63 bits per heavy atom. The zero-order valence-electron chi connectivity index (χ0n) is 23.4. The number of hydrogen-bond donors (Lipinski definition) is 1. The molecule has 1 N–H and O–H groups in total. The molecule has 7 rings (SSSR count). The van der Waals surface area contributed by atoms with Crippen LogP contribution < -0.4 is 19.7 Å². The molecule has 4 atom stereocenters. The molecule has 0 unspecified atom stereocenters. The summed E-state index contributed by atoms with van der Waals surface area (Å²) in [7, 11) is 3.02. The molecule has 0 radical (unpaired) electrons. The molecule has 4 aromatic carbocycles. The Hall–Kier alpha value is -4.69. The molecule has 1 spiro atoms. The van der Waals surface area contributed by atoms with Crippen LogP contribution in [-0.2, 0) is 10.2 Å². The molecule has 0 bridgehead atoms. The van der Waals surface area contributed by atoms with Crippen molar-refractivity contribution in [2.45, 2.75) is 17.5 Å². The van der Waals surface area contributed by atoms with E-state index >= 15 is 4.79 Å². The molecule has 214 valence electrons. The minimum absolute atomic E-state index is 0.245. The number of carbonyl (C=O) groups is 3. The summed E-state index contributed by atoms with van der Waals surface area (Å²) in [6.07, 6.45) is 3.94. The lowest BCUT2D eigenvalue weighted by molar-refractivity contribution is -0.121. The highest BCUT2D eigenvalue weighted by Gasteiger charge is 2.70. The summed E-state index contributed by atoms with van der Waals surface area (Å²) in [6.45, 7) is 0. The number of rotatable bonds is 6. The van der Waals surface area contributed by atoms with E-state index in [2.05, 4.69) is 21.2 Å². The average Bonchev–Trinajstić information content (AvgIpc) is 3.52. The summed E-state index contributed by atoms with van der Waals surface area (Å²) in [5.41, 5.74) is 2.28. The molecule has 1 saturated heterocycles. The molecule has 0 aromatic heterocycles. The number of nitrogens with zero attached hydrogens (tertiary/aromatic N) is 1. The number of halogens is 1. The summed E-state index contributed by atoms with van der Waals surface area (Å²) < 4.78 is 12.0. The first kappa shape index (κ1) is 27.2. The highest BCUT2D eigenvalue weighted by atomic mass is 79.9. The summed E-state index contributed by atoms with van der Waals surface area (Å²) in [6, 6.07) is 25.7. The number of carbonyl (C=O) groups excluding carboxylic acids is 3. The topological polar surface area (TPSA) is 84.9 Å². The van der Waals surface area contributed by atoms with Crippen LogP contribution in [0.3, 0.4) is 0 Å². The van der Waals surface area contributed by atoms with Gasteiger partial charge in [-0.2, -0.15) is 0 Å². The SMILES string of the molecule is COc1ccc(OC)c(C(=O)[C@@H]2[C@@H](C(=O)c3ccc(Br)cc3)N3c4ccccc4C=C[C@@H]3[C@]23C(=O)Nc2ccccc23)c1. The van der Waals surface area contributed by atoms with Crippen LogP contribution in [0.4, 0.5) is 11.4 Å². The van der Waals surface area contributed by atoms with Crippen molar-refractivity contribution in [2.75, 3.05) is 24.4 Å². The summed E-state index contributed by atoms with van der Waals surface area (Å²) in [5, 5.41) is 3.06. The second-order valence-corrected chi connectivity index (χ2v) is 11.8. The third-order valence-corrected chi connectivity index (χ3v) is 9.42. The first-order valence-corrected chi connectivity index (χ1v) is 14.7. The molecule has 0 aliphatic carbocycles. The molecular formula is C35H27BrN2O5. The standard InChI is InChI=1S/C35H27BrN2O5/c1-42-23-16-17-28(43-2)24(19-23)33(40)30-31(32(39)21-11-14-22(36)15-12-21)38-27-10-6-3-7-20(27)13-18-29(38)35(30)25-8-4-5-9-26(25)37-34(35)41/h3-19,29-31H,1-2H3,(H,37,41)/t29-,30+,31+,35+/m1/s1.